The van der Waals surface area contributed by atoms with Gasteiger partial charge < -0.3 is 5.11 Å². The van der Waals surface area contributed by atoms with Crippen LogP contribution in [-0.4, -0.2) is 18.3 Å². The van der Waals surface area contributed by atoms with Crippen LogP contribution in [-0.2, 0) is 4.84 Å². The minimum absolute atomic E-state index is 0.146. The van der Waals surface area contributed by atoms with Crippen molar-refractivity contribution in [3.63, 3.8) is 0 Å². The van der Waals surface area contributed by atoms with E-state index in [0.29, 0.717) is 0 Å². The van der Waals surface area contributed by atoms with Gasteiger partial charge in [-0.2, -0.15) is 0 Å². The second-order valence-electron chi connectivity index (χ2n) is 3.61. The van der Waals surface area contributed by atoms with Crippen molar-refractivity contribution in [3.8, 4) is 0 Å². The molecular weight excluding hydrogens is 178 g/mol. The first-order valence-electron chi connectivity index (χ1n) is 5.14. The molecule has 0 aromatic rings. The summed E-state index contributed by atoms with van der Waals surface area (Å²) in [6.45, 7) is 0. The van der Waals surface area contributed by atoms with Gasteiger partial charge in [-0.05, 0) is 31.8 Å². The minimum Gasteiger partial charge on any atom is -0.393 e. The van der Waals surface area contributed by atoms with Gasteiger partial charge in [-0.15, -0.1) is 0 Å². The summed E-state index contributed by atoms with van der Waals surface area (Å²) in [4.78, 5) is 4.66. The lowest BCUT2D eigenvalue weighted by Crippen LogP contribution is -2.04. The second kappa shape index (κ2) is 6.62. The average Bonchev–Trinajstić information content (AvgIpc) is 2.38. The molecule has 2 N–H and O–H groups in total. The largest absolute Gasteiger partial charge is 0.393 e. The average molecular weight is 197 g/mol. The van der Waals surface area contributed by atoms with Crippen LogP contribution < -0.4 is 5.48 Å². The predicted molar refractivity (Wildman–Crippen MR) is 56.5 cm³/mol. The summed E-state index contributed by atoms with van der Waals surface area (Å²) < 4.78 is 0. The molecule has 14 heavy (non-hydrogen) atoms. The van der Waals surface area contributed by atoms with Crippen LogP contribution in [0, 0.1) is 0 Å². The Hall–Kier alpha value is -0.800. The van der Waals surface area contributed by atoms with E-state index in [2.05, 4.69) is 16.4 Å². The molecule has 1 aliphatic carbocycles. The van der Waals surface area contributed by atoms with Gasteiger partial charge in [0, 0.05) is 6.20 Å². The van der Waals surface area contributed by atoms with E-state index in [1.807, 2.05) is 6.08 Å². The van der Waals surface area contributed by atoms with Crippen LogP contribution in [0.15, 0.2) is 23.9 Å². The summed E-state index contributed by atoms with van der Waals surface area (Å²) in [5, 5.41) is 9.56. The van der Waals surface area contributed by atoms with Crippen LogP contribution in [0.1, 0.15) is 32.1 Å². The third-order valence-electron chi connectivity index (χ3n) is 2.40. The van der Waals surface area contributed by atoms with E-state index in [0.717, 1.165) is 25.7 Å². The van der Waals surface area contributed by atoms with Gasteiger partial charge in [0.25, 0.3) is 0 Å². The molecule has 0 bridgehead atoms. The summed E-state index contributed by atoms with van der Waals surface area (Å²) in [6, 6.07) is 0. The van der Waals surface area contributed by atoms with E-state index < -0.39 is 0 Å². The highest BCUT2D eigenvalue weighted by atomic mass is 16.6. The fourth-order valence-electron chi connectivity index (χ4n) is 1.68. The van der Waals surface area contributed by atoms with Crippen LogP contribution in [0.4, 0.5) is 0 Å². The van der Waals surface area contributed by atoms with E-state index in [4.69, 9.17) is 0 Å². The molecule has 0 aromatic heterocycles. The van der Waals surface area contributed by atoms with E-state index in [-0.39, 0.29) is 6.10 Å². The molecule has 1 atom stereocenters. The number of nitrogens with one attached hydrogen (secondary N) is 1. The maximum absolute atomic E-state index is 9.56. The fourth-order valence-corrected chi connectivity index (χ4v) is 1.68. The third-order valence-corrected chi connectivity index (χ3v) is 2.40. The topological polar surface area (TPSA) is 41.5 Å². The molecule has 0 radical (unpaired) electrons. The molecule has 0 amide bonds. The van der Waals surface area contributed by atoms with Crippen molar-refractivity contribution in [1.82, 2.24) is 5.48 Å². The number of hydrogen-bond acceptors (Lipinski definition) is 3. The van der Waals surface area contributed by atoms with Crippen LogP contribution in [0.3, 0.4) is 0 Å². The van der Waals surface area contributed by atoms with Crippen LogP contribution in [0.2, 0.25) is 0 Å². The van der Waals surface area contributed by atoms with Crippen molar-refractivity contribution in [2.75, 3.05) is 7.11 Å². The first-order valence-corrected chi connectivity index (χ1v) is 5.14. The van der Waals surface area contributed by atoms with Gasteiger partial charge in [-0.1, -0.05) is 18.1 Å². The van der Waals surface area contributed by atoms with Gasteiger partial charge in [0.15, 0.2) is 0 Å². The molecule has 1 saturated carbocycles. The molecule has 3 heteroatoms. The van der Waals surface area contributed by atoms with E-state index in [1.54, 1.807) is 13.3 Å². The molecule has 0 saturated heterocycles. The zero-order valence-corrected chi connectivity index (χ0v) is 8.70. The number of aliphatic hydroxyl groups is 1. The van der Waals surface area contributed by atoms with Crippen LogP contribution >= 0.6 is 0 Å². The van der Waals surface area contributed by atoms with Crippen LogP contribution in [0.25, 0.3) is 0 Å². The van der Waals surface area contributed by atoms with Crippen molar-refractivity contribution < 1.29 is 9.94 Å². The van der Waals surface area contributed by atoms with Crippen molar-refractivity contribution in [2.24, 2.45) is 0 Å². The zero-order valence-electron chi connectivity index (χ0n) is 8.70. The first-order chi connectivity index (χ1) is 6.83. The lowest BCUT2D eigenvalue weighted by Gasteiger charge is -2.06. The van der Waals surface area contributed by atoms with Gasteiger partial charge >= 0.3 is 0 Å². The monoisotopic (exact) mass is 197 g/mol. The molecule has 0 aliphatic heterocycles. The fraction of sp³-hybridized carbons (Fsp3) is 0.636. The summed E-state index contributed by atoms with van der Waals surface area (Å²) in [7, 11) is 1.58. The quantitative estimate of drug-likeness (QED) is 0.536. The van der Waals surface area contributed by atoms with E-state index >= 15 is 0 Å². The Morgan fingerprint density at radius 3 is 3.14 bits per heavy atom. The summed E-state index contributed by atoms with van der Waals surface area (Å²) >= 11 is 0. The second-order valence-corrected chi connectivity index (χ2v) is 3.61. The highest BCUT2D eigenvalue weighted by molar-refractivity contribution is 5.13. The molecule has 0 aromatic carbocycles. The van der Waals surface area contributed by atoms with Crippen molar-refractivity contribution in [2.45, 2.75) is 38.2 Å². The lowest BCUT2D eigenvalue weighted by atomic mass is 10.1. The molecule has 1 fully saturated rings. The molecule has 0 heterocycles. The Morgan fingerprint density at radius 2 is 2.36 bits per heavy atom. The number of hydrogen-bond donors (Lipinski definition) is 2. The lowest BCUT2D eigenvalue weighted by molar-refractivity contribution is 0.128. The molecular formula is C11H19NO2. The van der Waals surface area contributed by atoms with Gasteiger partial charge in [-0.3, -0.25) is 10.3 Å². The Balaban J connectivity index is 2.40. The first kappa shape index (κ1) is 11.3. The smallest absolute Gasteiger partial charge is 0.0636 e. The highest BCUT2D eigenvalue weighted by Crippen LogP contribution is 2.22. The van der Waals surface area contributed by atoms with E-state index in [1.165, 1.54) is 12.0 Å². The zero-order chi connectivity index (χ0) is 10.2. The highest BCUT2D eigenvalue weighted by Gasteiger charge is 2.11. The molecule has 3 nitrogen and oxygen atoms in total. The maximum Gasteiger partial charge on any atom is 0.0636 e. The normalized spacial score (nSPS) is 26.7. The Bertz CT molecular complexity index is 211. The maximum atomic E-state index is 9.56. The molecule has 80 valence electrons. The molecule has 0 spiro atoms. The van der Waals surface area contributed by atoms with Crippen molar-refractivity contribution in [3.05, 3.63) is 23.9 Å². The van der Waals surface area contributed by atoms with Crippen LogP contribution in [0.5, 0.6) is 0 Å². The van der Waals surface area contributed by atoms with Crippen molar-refractivity contribution >= 4 is 0 Å². The number of hydroxylamine groups is 1. The summed E-state index contributed by atoms with van der Waals surface area (Å²) in [6.07, 6.45) is 10.8. The third kappa shape index (κ3) is 4.44. The number of rotatable bonds is 3. The van der Waals surface area contributed by atoms with Gasteiger partial charge in [0.05, 0.1) is 13.2 Å². The Kier molecular flexibility index (Phi) is 5.33. The van der Waals surface area contributed by atoms with Gasteiger partial charge in [-0.25, -0.2) is 0 Å². The standard InChI is InChI=1S/C11H19NO2/c1-14-12-8-4-6-10-5-2-3-7-11(13)9-10/h4,6,8,11-13H,2-3,5,7,9H2,1H3/b8-4-,10-6-. The number of aliphatic hydroxyl groups excluding tert-OH is 1. The predicted octanol–water partition coefficient (Wildman–Crippen LogP) is 1.90. The van der Waals surface area contributed by atoms with Crippen molar-refractivity contribution in [1.29, 1.82) is 0 Å². The SMILES string of the molecule is CON/C=C\C=C1\CCCCC(O)C1. The molecule has 1 unspecified atom stereocenters. The Morgan fingerprint density at radius 1 is 1.50 bits per heavy atom. The minimum atomic E-state index is -0.146. The Labute approximate surface area is 85.4 Å². The summed E-state index contributed by atoms with van der Waals surface area (Å²) in [5.41, 5.74) is 3.95. The molecule has 1 rings (SSSR count). The van der Waals surface area contributed by atoms with E-state index in [9.17, 15) is 5.11 Å². The number of allylic oxidation sites excluding steroid dienone is 2. The molecule has 1 aliphatic rings. The summed E-state index contributed by atoms with van der Waals surface area (Å²) in [5.74, 6) is 0. The van der Waals surface area contributed by atoms with Gasteiger partial charge in [0.2, 0.25) is 0 Å². The van der Waals surface area contributed by atoms with Gasteiger partial charge in [0.1, 0.15) is 0 Å².